The van der Waals surface area contributed by atoms with Gasteiger partial charge in [-0.15, -0.1) is 0 Å². The first kappa shape index (κ1) is 29.1. The Morgan fingerprint density at radius 1 is 0.667 bits per heavy atom. The number of aliphatic imine (C=N–C) groups is 2. The van der Waals surface area contributed by atoms with Crippen molar-refractivity contribution in [2.45, 2.75) is 57.5 Å². The van der Waals surface area contributed by atoms with E-state index in [4.69, 9.17) is 9.98 Å². The zero-order valence-electron chi connectivity index (χ0n) is 28.1. The van der Waals surface area contributed by atoms with Crippen molar-refractivity contribution in [1.29, 1.82) is 0 Å². The largest absolute Gasteiger partial charge is 0.324 e. The highest BCUT2D eigenvalue weighted by Gasteiger charge is 2.50. The smallest absolute Gasteiger partial charge is 0.169 e. The van der Waals surface area contributed by atoms with Crippen LogP contribution in [-0.2, 0) is 5.41 Å². The zero-order valence-corrected chi connectivity index (χ0v) is 28.1. The van der Waals surface area contributed by atoms with Gasteiger partial charge in [-0.25, -0.2) is 9.98 Å². The lowest BCUT2D eigenvalue weighted by Crippen LogP contribution is -2.35. The Labute approximate surface area is 284 Å². The lowest BCUT2D eigenvalue weighted by Gasteiger charge is -2.34. The van der Waals surface area contributed by atoms with E-state index in [1.807, 2.05) is 12.1 Å². The molecule has 1 N–H and O–H groups in total. The highest BCUT2D eigenvalue weighted by molar-refractivity contribution is 6.15. The third-order valence-electron chi connectivity index (χ3n) is 11.6. The van der Waals surface area contributed by atoms with Gasteiger partial charge in [-0.2, -0.15) is 0 Å². The second-order valence-electron chi connectivity index (χ2n) is 15.1. The second kappa shape index (κ2) is 10.8. The minimum absolute atomic E-state index is 0.0142. The minimum atomic E-state index is -0.316. The van der Waals surface area contributed by atoms with E-state index in [2.05, 4.69) is 154 Å². The van der Waals surface area contributed by atoms with Crippen molar-refractivity contribution >= 4 is 11.7 Å². The van der Waals surface area contributed by atoms with Crippen LogP contribution in [0.3, 0.4) is 0 Å². The summed E-state index contributed by atoms with van der Waals surface area (Å²) in [5.41, 5.74) is 13.8. The van der Waals surface area contributed by atoms with Crippen LogP contribution in [0.5, 0.6) is 0 Å². The zero-order chi connectivity index (χ0) is 32.6. The van der Waals surface area contributed by atoms with E-state index in [1.54, 1.807) is 0 Å². The second-order valence-corrected chi connectivity index (χ2v) is 15.1. The molecule has 48 heavy (non-hydrogen) atoms. The fourth-order valence-corrected chi connectivity index (χ4v) is 8.97. The number of rotatable bonds is 4. The maximum atomic E-state index is 5.08. The van der Waals surface area contributed by atoms with Gasteiger partial charge in [-0.3, -0.25) is 0 Å². The van der Waals surface area contributed by atoms with Crippen LogP contribution in [0.4, 0.5) is 0 Å². The molecule has 4 aromatic carbocycles. The number of nitrogens with zero attached hydrogens (tertiary/aromatic N) is 2. The molecule has 0 aromatic heterocycles. The summed E-state index contributed by atoms with van der Waals surface area (Å²) in [5, 5.41) is 3.50. The fraction of sp³-hybridized carbons (Fsp3) is 0.244. The molecule has 0 bridgehead atoms. The molecule has 0 amide bonds. The maximum absolute atomic E-state index is 5.08. The Morgan fingerprint density at radius 3 is 1.94 bits per heavy atom. The fourth-order valence-electron chi connectivity index (χ4n) is 8.97. The van der Waals surface area contributed by atoms with Gasteiger partial charge in [0.25, 0.3) is 0 Å². The summed E-state index contributed by atoms with van der Waals surface area (Å²) >= 11 is 0. The summed E-state index contributed by atoms with van der Waals surface area (Å²) in [4.78, 5) is 10.2. The molecule has 1 aliphatic heterocycles. The van der Waals surface area contributed by atoms with Gasteiger partial charge in [-0.1, -0.05) is 161 Å². The molecule has 0 fully saturated rings. The predicted molar refractivity (Wildman–Crippen MR) is 197 cm³/mol. The average Bonchev–Trinajstić information content (AvgIpc) is 3.50. The monoisotopic (exact) mass is 623 g/mol. The van der Waals surface area contributed by atoms with Gasteiger partial charge in [0.05, 0.1) is 0 Å². The van der Waals surface area contributed by atoms with Gasteiger partial charge in [0.2, 0.25) is 0 Å². The Bertz CT molecular complexity index is 2070. The van der Waals surface area contributed by atoms with Gasteiger partial charge in [-0.05, 0) is 62.3 Å². The van der Waals surface area contributed by atoms with Crippen molar-refractivity contribution < 1.29 is 0 Å². The number of amidine groups is 2. The van der Waals surface area contributed by atoms with Gasteiger partial charge < -0.3 is 5.32 Å². The topological polar surface area (TPSA) is 36.8 Å². The Hall–Kier alpha value is -5.02. The molecule has 4 aliphatic carbocycles. The molecule has 0 spiro atoms. The van der Waals surface area contributed by atoms with E-state index in [0.29, 0.717) is 17.8 Å². The predicted octanol–water partition coefficient (Wildman–Crippen LogP) is 10.1. The van der Waals surface area contributed by atoms with Crippen LogP contribution in [0.25, 0.3) is 0 Å². The van der Waals surface area contributed by atoms with Crippen LogP contribution in [0.15, 0.2) is 166 Å². The first-order valence-corrected chi connectivity index (χ1v) is 17.4. The molecule has 3 unspecified atom stereocenters. The molecular formula is C45H41N3. The van der Waals surface area contributed by atoms with E-state index in [1.165, 1.54) is 39.0 Å². The van der Waals surface area contributed by atoms with Crippen molar-refractivity contribution in [3.8, 4) is 0 Å². The molecule has 236 valence electrons. The number of hydrogen-bond donors (Lipinski definition) is 1. The van der Waals surface area contributed by atoms with E-state index < -0.39 is 0 Å². The number of benzene rings is 4. The summed E-state index contributed by atoms with van der Waals surface area (Å²) in [6.07, 6.45) is 10.9. The lowest BCUT2D eigenvalue weighted by molar-refractivity contribution is 0.385. The van der Waals surface area contributed by atoms with Crippen molar-refractivity contribution in [1.82, 2.24) is 5.32 Å². The van der Waals surface area contributed by atoms with Crippen LogP contribution >= 0.6 is 0 Å². The summed E-state index contributed by atoms with van der Waals surface area (Å²) in [7, 11) is 0. The molecule has 9 rings (SSSR count). The van der Waals surface area contributed by atoms with E-state index in [0.717, 1.165) is 34.8 Å². The first-order chi connectivity index (χ1) is 23.3. The van der Waals surface area contributed by atoms with Crippen LogP contribution < -0.4 is 5.32 Å². The minimum Gasteiger partial charge on any atom is -0.324 e. The molecule has 0 saturated heterocycles. The SMILES string of the molecule is CC1(C)C2=CC3C(C=C2C2=C1C=CC(c1ccc(C4N=C(c5ccccc5)NC(c5ccccc5)=N4)cc1)C2)c1ccccc1C3(C)C. The third-order valence-corrected chi connectivity index (χ3v) is 11.6. The van der Waals surface area contributed by atoms with Crippen molar-refractivity contribution in [2.24, 2.45) is 21.3 Å². The lowest BCUT2D eigenvalue weighted by atomic mass is 9.69. The van der Waals surface area contributed by atoms with Crippen LogP contribution in [-0.4, -0.2) is 11.7 Å². The van der Waals surface area contributed by atoms with Crippen LogP contribution in [0, 0.1) is 11.3 Å². The van der Waals surface area contributed by atoms with Crippen LogP contribution in [0.2, 0.25) is 0 Å². The van der Waals surface area contributed by atoms with Crippen molar-refractivity contribution in [2.75, 3.05) is 0 Å². The summed E-state index contributed by atoms with van der Waals surface area (Å²) < 4.78 is 0. The number of hydrogen-bond acceptors (Lipinski definition) is 3. The number of allylic oxidation sites excluding steroid dienone is 8. The molecule has 3 heteroatoms. The highest BCUT2D eigenvalue weighted by Crippen LogP contribution is 2.62. The van der Waals surface area contributed by atoms with Crippen molar-refractivity contribution in [3.05, 3.63) is 189 Å². The summed E-state index contributed by atoms with van der Waals surface area (Å²) in [5.74, 6) is 2.95. The quantitative estimate of drug-likeness (QED) is 0.241. The normalized spacial score (nSPS) is 24.7. The molecule has 3 nitrogen and oxygen atoms in total. The van der Waals surface area contributed by atoms with Gasteiger partial charge >= 0.3 is 0 Å². The van der Waals surface area contributed by atoms with Gasteiger partial charge in [0, 0.05) is 28.4 Å². The number of fused-ring (bicyclic) bond motifs is 5. The van der Waals surface area contributed by atoms with E-state index in [-0.39, 0.29) is 17.0 Å². The molecule has 0 saturated carbocycles. The summed E-state index contributed by atoms with van der Waals surface area (Å²) in [6, 6.07) is 38.8. The third kappa shape index (κ3) is 4.48. The van der Waals surface area contributed by atoms with Crippen LogP contribution in [0.1, 0.15) is 85.5 Å². The molecular weight excluding hydrogens is 583 g/mol. The average molecular weight is 624 g/mol. The van der Waals surface area contributed by atoms with Gasteiger partial charge in [0.15, 0.2) is 6.17 Å². The Morgan fingerprint density at radius 2 is 1.27 bits per heavy atom. The molecule has 1 heterocycles. The van der Waals surface area contributed by atoms with Gasteiger partial charge in [0.1, 0.15) is 11.7 Å². The molecule has 5 aliphatic rings. The standard InChI is InChI=1S/C45H41N3/c1-44(2)37-18-12-11-17-33(37)35-26-36-34-25-32(23-24-38(34)45(3,4)40(36)27-39(35)44)28-19-21-31(22-20-28)43-47-41(29-13-7-5-8-14-29)46-42(48-43)30-15-9-6-10-16-30/h5-24,26-27,32,35,39,43H,25H2,1-4H3,(H,46,47,48). The Balaban J connectivity index is 1.02. The van der Waals surface area contributed by atoms with E-state index in [9.17, 15) is 0 Å². The highest BCUT2D eigenvalue weighted by atomic mass is 15.2. The summed E-state index contributed by atoms with van der Waals surface area (Å²) in [6.45, 7) is 9.73. The molecule has 0 radical (unpaired) electrons. The van der Waals surface area contributed by atoms with E-state index >= 15 is 0 Å². The van der Waals surface area contributed by atoms with Crippen molar-refractivity contribution in [3.63, 3.8) is 0 Å². The first-order valence-electron chi connectivity index (χ1n) is 17.4. The molecule has 3 atom stereocenters. The molecule has 4 aromatic rings. The maximum Gasteiger partial charge on any atom is 0.169 e. The number of nitrogens with one attached hydrogen (secondary N) is 1. The Kier molecular flexibility index (Phi) is 6.53.